The van der Waals surface area contributed by atoms with Gasteiger partial charge in [0.1, 0.15) is 5.78 Å². The van der Waals surface area contributed by atoms with E-state index >= 15 is 0 Å². The maximum absolute atomic E-state index is 14.7. The van der Waals surface area contributed by atoms with Crippen molar-refractivity contribution in [2.75, 3.05) is 13.7 Å². The smallest absolute Gasteiger partial charge is 0.310 e. The molecule has 12 nitrogen and oxygen atoms in total. The fourth-order valence-electron chi connectivity index (χ4n) is 11.5. The van der Waals surface area contributed by atoms with E-state index in [4.69, 9.17) is 9.47 Å². The minimum Gasteiger partial charge on any atom is -0.446 e. The highest BCUT2D eigenvalue weighted by atomic mass is 16.6. The lowest BCUT2D eigenvalue weighted by Gasteiger charge is -2.80. The molecule has 12 heteroatoms. The second-order valence-corrected chi connectivity index (χ2v) is 15.8. The molecule has 7 rings (SSSR count). The Morgan fingerprint density at radius 1 is 1.08 bits per heavy atom. The average Bonchev–Trinajstić information content (AvgIpc) is 3.06. The first-order chi connectivity index (χ1) is 22.7. The number of benzene rings is 1. The molecule has 6 aliphatic rings. The van der Waals surface area contributed by atoms with Gasteiger partial charge in [0.05, 0.1) is 40.5 Å². The molecule has 0 saturated heterocycles. The van der Waals surface area contributed by atoms with Crippen molar-refractivity contribution in [1.82, 2.24) is 5.32 Å². The molecule has 0 aromatic heterocycles. The van der Waals surface area contributed by atoms with Gasteiger partial charge in [-0.1, -0.05) is 26.5 Å². The van der Waals surface area contributed by atoms with Crippen LogP contribution < -0.4 is 5.32 Å². The second kappa shape index (κ2) is 11.0. The number of methoxy groups -OCH3 is 1. The summed E-state index contributed by atoms with van der Waals surface area (Å²) < 4.78 is 11.9. The molecule has 48 heavy (non-hydrogen) atoms. The van der Waals surface area contributed by atoms with Crippen molar-refractivity contribution in [3.8, 4) is 0 Å². The zero-order chi connectivity index (χ0) is 34.6. The number of nitro benzene ring substituents is 1. The van der Waals surface area contributed by atoms with Crippen LogP contribution in [0.15, 0.2) is 36.4 Å². The van der Waals surface area contributed by atoms with Crippen molar-refractivity contribution in [1.29, 1.82) is 0 Å². The van der Waals surface area contributed by atoms with Gasteiger partial charge in [-0.05, 0) is 73.8 Å². The minimum absolute atomic E-state index is 0.0372. The molecule has 1 amide bonds. The molecule has 0 radical (unpaired) electrons. The quantitative estimate of drug-likeness (QED) is 0.169. The fraction of sp³-hybridized carbons (Fsp3) is 0.667. The molecule has 1 aromatic carbocycles. The molecular weight excluding hydrogens is 620 g/mol. The third kappa shape index (κ3) is 4.05. The second-order valence-electron chi connectivity index (χ2n) is 15.8. The maximum Gasteiger partial charge on any atom is 0.310 e. The van der Waals surface area contributed by atoms with Crippen molar-refractivity contribution in [3.63, 3.8) is 0 Å². The van der Waals surface area contributed by atoms with Gasteiger partial charge < -0.3 is 25.0 Å². The molecule has 258 valence electrons. The number of hydrogen-bond donors (Lipinski definition) is 3. The number of amides is 1. The van der Waals surface area contributed by atoms with E-state index in [1.54, 1.807) is 0 Å². The van der Waals surface area contributed by atoms with Gasteiger partial charge in [0.2, 0.25) is 0 Å². The Morgan fingerprint density at radius 3 is 2.46 bits per heavy atom. The van der Waals surface area contributed by atoms with Crippen LogP contribution in [0.3, 0.4) is 0 Å². The van der Waals surface area contributed by atoms with Gasteiger partial charge in [0.25, 0.3) is 11.6 Å². The summed E-state index contributed by atoms with van der Waals surface area (Å²) >= 11 is 0. The number of rotatable bonds is 7. The number of aliphatic hydroxyl groups is 2. The van der Waals surface area contributed by atoms with E-state index in [-0.39, 0.29) is 35.6 Å². The van der Waals surface area contributed by atoms with Crippen LogP contribution in [0.1, 0.15) is 75.6 Å². The van der Waals surface area contributed by atoms with Crippen LogP contribution in [-0.2, 0) is 23.9 Å². The summed E-state index contributed by atoms with van der Waals surface area (Å²) in [7, 11) is 1.52. The molecule has 0 bridgehead atoms. The van der Waals surface area contributed by atoms with Gasteiger partial charge in [-0.3, -0.25) is 29.3 Å². The number of fused-ring (bicyclic) bond motifs is 2. The molecule has 0 aliphatic heterocycles. The van der Waals surface area contributed by atoms with Crippen LogP contribution in [-0.4, -0.2) is 76.1 Å². The molecule has 1 aromatic rings. The Labute approximate surface area is 278 Å². The van der Waals surface area contributed by atoms with Gasteiger partial charge >= 0.3 is 5.97 Å². The highest BCUT2D eigenvalue weighted by Gasteiger charge is 2.92. The molecule has 9 atom stereocenters. The van der Waals surface area contributed by atoms with Crippen molar-refractivity contribution in [2.45, 2.75) is 89.1 Å². The van der Waals surface area contributed by atoms with Crippen molar-refractivity contribution >= 4 is 29.1 Å². The highest BCUT2D eigenvalue weighted by molar-refractivity contribution is 6.09. The largest absolute Gasteiger partial charge is 0.446 e. The molecule has 1 spiro atoms. The first-order valence-corrected chi connectivity index (χ1v) is 17.1. The highest BCUT2D eigenvalue weighted by Crippen LogP contribution is 2.81. The van der Waals surface area contributed by atoms with Crippen LogP contribution in [0.4, 0.5) is 5.69 Å². The minimum atomic E-state index is -1.59. The number of nitrogens with zero attached hydrogens (tertiary/aromatic N) is 1. The summed E-state index contributed by atoms with van der Waals surface area (Å²) in [6.07, 6.45) is 0.980. The summed E-state index contributed by atoms with van der Waals surface area (Å²) in [5.74, 6) is -3.94. The van der Waals surface area contributed by atoms with E-state index in [9.17, 15) is 39.5 Å². The fourth-order valence-corrected chi connectivity index (χ4v) is 11.5. The van der Waals surface area contributed by atoms with Crippen LogP contribution in [0, 0.1) is 55.9 Å². The van der Waals surface area contributed by atoms with Crippen LogP contribution in [0.25, 0.3) is 0 Å². The molecule has 3 N–H and O–H groups in total. The molecular formula is C36H44N2O10. The van der Waals surface area contributed by atoms with Crippen molar-refractivity contribution in [3.05, 3.63) is 52.1 Å². The number of carbonyl (C=O) groups excluding carboxylic acids is 4. The van der Waals surface area contributed by atoms with Gasteiger partial charge in [0, 0.05) is 49.1 Å². The Balaban J connectivity index is 1.09. The number of aliphatic hydroxyl groups excluding tert-OH is 2. The zero-order valence-corrected chi connectivity index (χ0v) is 27.6. The number of Topliss-reactive ketones (excluding diaryl/α,β-unsaturated/α-hetero) is 2. The lowest BCUT2D eigenvalue weighted by molar-refractivity contribution is -0.384. The monoisotopic (exact) mass is 664 g/mol. The van der Waals surface area contributed by atoms with E-state index in [2.05, 4.69) is 11.9 Å². The number of esters is 1. The number of carbonyl (C=O) groups is 4. The third-order valence-corrected chi connectivity index (χ3v) is 13.4. The van der Waals surface area contributed by atoms with Crippen molar-refractivity contribution < 1.29 is 43.8 Å². The molecule has 6 aliphatic carbocycles. The van der Waals surface area contributed by atoms with E-state index in [0.717, 1.165) is 0 Å². The van der Waals surface area contributed by atoms with Gasteiger partial charge in [0.15, 0.2) is 11.4 Å². The van der Waals surface area contributed by atoms with Crippen molar-refractivity contribution in [2.24, 2.45) is 45.8 Å². The first-order valence-electron chi connectivity index (χ1n) is 17.1. The summed E-state index contributed by atoms with van der Waals surface area (Å²) in [5, 5.41) is 37.8. The predicted octanol–water partition coefficient (Wildman–Crippen LogP) is 3.32. The summed E-state index contributed by atoms with van der Waals surface area (Å²) in [4.78, 5) is 65.8. The van der Waals surface area contributed by atoms with E-state index < -0.39 is 80.3 Å². The first kappa shape index (κ1) is 33.0. The summed E-state index contributed by atoms with van der Waals surface area (Å²) in [6.45, 7) is 8.24. The molecule has 0 heterocycles. The normalized spacial score (nSPS) is 42.2. The predicted molar refractivity (Wildman–Crippen MR) is 169 cm³/mol. The Morgan fingerprint density at radius 2 is 1.79 bits per heavy atom. The summed E-state index contributed by atoms with van der Waals surface area (Å²) in [6, 6.07) is 5.26. The van der Waals surface area contributed by atoms with Gasteiger partial charge in [-0.15, -0.1) is 0 Å². The number of ketones is 2. The maximum atomic E-state index is 14.7. The number of nitrogens with one attached hydrogen (secondary N) is 1. The third-order valence-electron chi connectivity index (χ3n) is 13.4. The lowest BCUT2D eigenvalue weighted by Crippen LogP contribution is -2.91. The van der Waals surface area contributed by atoms with Crippen LogP contribution in [0.2, 0.25) is 0 Å². The zero-order valence-electron chi connectivity index (χ0n) is 27.6. The average molecular weight is 665 g/mol. The molecule has 6 fully saturated rings. The summed E-state index contributed by atoms with van der Waals surface area (Å²) in [5.41, 5.74) is -4.16. The Kier molecular flexibility index (Phi) is 7.58. The van der Waals surface area contributed by atoms with Gasteiger partial charge in [-0.25, -0.2) is 0 Å². The standard InChI is InChI=1S/C36H44N2O10/c1-18-23-12-13-24-34(17-47-4)25(39)14-15-33(2,3)28(34)26(40)29(41)35(24)27(23)36(18,32(35)44)48-31(43)19-8-10-21(11-9-19)37-30(42)20-6-5-7-22(16-20)38(45)46/h5-7,16,19,21,23-24,26-29,40-41H,1,8-15,17H2,2-4H3,(H,37,42)/t19?,21?,23-,24-,26-,27+,28+,29-,34+,35-,36?/m0/s1. The number of ether oxygens (including phenoxy) is 2. The Bertz CT molecular complexity index is 1610. The molecule has 6 saturated carbocycles. The van der Waals surface area contributed by atoms with Crippen LogP contribution >= 0.6 is 0 Å². The number of nitro groups is 1. The SMILES string of the molecule is C=C1[C@@H]2CC[C@H]3[C@]4(COC)C(=O)CCC(C)(C)[C@H]4[C@H](O)[C@H](O)[C@]34C(=O)C1(OC(=O)C1CCC(NC(=O)c3cccc([N+](=O)[O-])c3)CC1)[C@H]24. The number of hydrogen-bond acceptors (Lipinski definition) is 10. The molecule has 1 unspecified atom stereocenters. The Hall–Kier alpha value is -3.48. The lowest BCUT2D eigenvalue weighted by atomic mass is 9.23. The topological polar surface area (TPSA) is 182 Å². The number of non-ortho nitro benzene ring substituents is 1. The van der Waals surface area contributed by atoms with E-state index in [0.29, 0.717) is 56.9 Å². The van der Waals surface area contributed by atoms with Gasteiger partial charge in [-0.2, -0.15) is 0 Å². The van der Waals surface area contributed by atoms with Crippen LogP contribution in [0.5, 0.6) is 0 Å². The van der Waals surface area contributed by atoms with E-state index in [1.165, 1.54) is 31.4 Å². The van der Waals surface area contributed by atoms with E-state index in [1.807, 2.05) is 13.8 Å².